The lowest BCUT2D eigenvalue weighted by atomic mass is 10.1. The SMILES string of the molecule is Cn1cc(-n2ccc(=O)c(Cc3cccc(-c4ncc(OC5COCC5F)cn4)c3)n2)cn1. The predicted octanol–water partition coefficient (Wildman–Crippen LogP) is 2.13. The van der Waals surface area contributed by atoms with Crippen LogP contribution in [-0.2, 0) is 18.2 Å². The van der Waals surface area contributed by atoms with Crippen LogP contribution in [0, 0.1) is 0 Å². The first-order valence-electron chi connectivity index (χ1n) is 10.4. The second-order valence-electron chi connectivity index (χ2n) is 7.77. The molecule has 0 N–H and O–H groups in total. The summed E-state index contributed by atoms with van der Waals surface area (Å²) in [4.78, 5) is 21.1. The summed E-state index contributed by atoms with van der Waals surface area (Å²) < 4.78 is 27.6. The number of ether oxygens (including phenoxy) is 2. The molecular formula is C23H21FN6O3. The molecule has 0 saturated carbocycles. The standard InChI is InChI=1S/C23H21FN6O3/c1-29-12-17(9-27-29)30-6-5-21(31)20(28-30)8-15-3-2-4-16(7-15)23-25-10-18(11-26-23)33-22-14-32-13-19(22)24/h2-7,9-12,19,22H,8,13-14H2,1H3. The largest absolute Gasteiger partial charge is 0.482 e. The van der Waals surface area contributed by atoms with E-state index in [2.05, 4.69) is 20.2 Å². The van der Waals surface area contributed by atoms with Crippen molar-refractivity contribution in [1.29, 1.82) is 0 Å². The van der Waals surface area contributed by atoms with Gasteiger partial charge in [-0.3, -0.25) is 9.48 Å². The second-order valence-corrected chi connectivity index (χ2v) is 7.77. The predicted molar refractivity (Wildman–Crippen MR) is 117 cm³/mol. The van der Waals surface area contributed by atoms with Crippen LogP contribution in [0.3, 0.4) is 0 Å². The number of hydrogen-bond acceptors (Lipinski definition) is 7. The first-order valence-corrected chi connectivity index (χ1v) is 10.4. The minimum atomic E-state index is -1.16. The highest BCUT2D eigenvalue weighted by atomic mass is 19.1. The van der Waals surface area contributed by atoms with Crippen molar-refractivity contribution >= 4 is 0 Å². The van der Waals surface area contributed by atoms with Crippen molar-refractivity contribution in [1.82, 2.24) is 29.5 Å². The molecule has 0 aliphatic carbocycles. The van der Waals surface area contributed by atoms with E-state index < -0.39 is 12.3 Å². The molecule has 1 aliphatic heterocycles. The van der Waals surface area contributed by atoms with Gasteiger partial charge in [0.25, 0.3) is 0 Å². The van der Waals surface area contributed by atoms with Crippen LogP contribution < -0.4 is 10.2 Å². The molecule has 0 bridgehead atoms. The monoisotopic (exact) mass is 448 g/mol. The Morgan fingerprint density at radius 3 is 2.76 bits per heavy atom. The van der Waals surface area contributed by atoms with E-state index in [4.69, 9.17) is 9.47 Å². The zero-order valence-electron chi connectivity index (χ0n) is 17.8. The lowest BCUT2D eigenvalue weighted by Gasteiger charge is -2.13. The highest BCUT2D eigenvalue weighted by molar-refractivity contribution is 5.56. The van der Waals surface area contributed by atoms with Crippen molar-refractivity contribution in [2.24, 2.45) is 7.05 Å². The number of aromatic nitrogens is 6. The highest BCUT2D eigenvalue weighted by Gasteiger charge is 2.30. The van der Waals surface area contributed by atoms with Crippen molar-refractivity contribution in [2.45, 2.75) is 18.7 Å². The topological polar surface area (TPSA) is 97.0 Å². The van der Waals surface area contributed by atoms with Crippen LogP contribution in [0.2, 0.25) is 0 Å². The molecule has 1 fully saturated rings. The fourth-order valence-electron chi connectivity index (χ4n) is 3.57. The van der Waals surface area contributed by atoms with E-state index in [0.717, 1.165) is 16.8 Å². The summed E-state index contributed by atoms with van der Waals surface area (Å²) in [6, 6.07) is 9.10. The van der Waals surface area contributed by atoms with Gasteiger partial charge in [-0.15, -0.1) is 0 Å². The van der Waals surface area contributed by atoms with Crippen LogP contribution in [0.25, 0.3) is 17.1 Å². The lowest BCUT2D eigenvalue weighted by molar-refractivity contribution is 0.128. The first-order chi connectivity index (χ1) is 16.0. The Hall–Kier alpha value is -3.92. The van der Waals surface area contributed by atoms with Gasteiger partial charge < -0.3 is 9.47 Å². The van der Waals surface area contributed by atoms with Gasteiger partial charge >= 0.3 is 0 Å². The molecule has 33 heavy (non-hydrogen) atoms. The van der Waals surface area contributed by atoms with Gasteiger partial charge in [-0.1, -0.05) is 18.2 Å². The normalized spacial score (nSPS) is 17.9. The second kappa shape index (κ2) is 8.91. The van der Waals surface area contributed by atoms with Crippen LogP contribution in [0.1, 0.15) is 11.3 Å². The number of alkyl halides is 1. The molecule has 2 atom stereocenters. The molecule has 1 aromatic carbocycles. The summed E-state index contributed by atoms with van der Waals surface area (Å²) in [7, 11) is 1.82. The van der Waals surface area contributed by atoms with Crippen LogP contribution in [0.15, 0.2) is 66.1 Å². The molecule has 2 unspecified atom stereocenters. The van der Waals surface area contributed by atoms with Gasteiger partial charge in [0.05, 0.1) is 38.0 Å². The maximum Gasteiger partial charge on any atom is 0.203 e. The first kappa shape index (κ1) is 21.0. The Morgan fingerprint density at radius 1 is 1.18 bits per heavy atom. The number of rotatable bonds is 6. The Labute approximate surface area is 188 Å². The average Bonchev–Trinajstić information content (AvgIpc) is 3.44. The maximum atomic E-state index is 13.7. The third-order valence-corrected chi connectivity index (χ3v) is 5.27. The molecule has 5 rings (SSSR count). The van der Waals surface area contributed by atoms with Crippen LogP contribution >= 0.6 is 0 Å². The molecule has 0 radical (unpaired) electrons. The van der Waals surface area contributed by atoms with E-state index in [-0.39, 0.29) is 18.6 Å². The fraction of sp³-hybridized carbons (Fsp3) is 0.261. The molecule has 1 saturated heterocycles. The van der Waals surface area contributed by atoms with E-state index >= 15 is 0 Å². The highest BCUT2D eigenvalue weighted by Crippen LogP contribution is 2.21. The van der Waals surface area contributed by atoms with Gasteiger partial charge in [-0.25, -0.2) is 19.0 Å². The molecule has 9 nitrogen and oxygen atoms in total. The van der Waals surface area contributed by atoms with Gasteiger partial charge in [-0.05, 0) is 11.6 Å². The van der Waals surface area contributed by atoms with Crippen molar-refractivity contribution in [3.8, 4) is 22.8 Å². The van der Waals surface area contributed by atoms with Gasteiger partial charge in [0.2, 0.25) is 5.43 Å². The van der Waals surface area contributed by atoms with Crippen molar-refractivity contribution in [3.05, 3.63) is 82.8 Å². The molecule has 168 valence electrons. The number of aryl methyl sites for hydroxylation is 1. The molecule has 4 heterocycles. The third-order valence-electron chi connectivity index (χ3n) is 5.27. The lowest BCUT2D eigenvalue weighted by Crippen LogP contribution is -2.26. The quantitative estimate of drug-likeness (QED) is 0.446. The van der Waals surface area contributed by atoms with Crippen molar-refractivity contribution in [3.63, 3.8) is 0 Å². The molecule has 0 amide bonds. The van der Waals surface area contributed by atoms with Gasteiger partial charge in [0.15, 0.2) is 23.8 Å². The summed E-state index contributed by atoms with van der Waals surface area (Å²) >= 11 is 0. The summed E-state index contributed by atoms with van der Waals surface area (Å²) in [5.41, 5.74) is 2.73. The van der Waals surface area contributed by atoms with E-state index in [9.17, 15) is 9.18 Å². The molecule has 3 aromatic heterocycles. The molecule has 1 aliphatic rings. The molecule has 4 aromatic rings. The smallest absolute Gasteiger partial charge is 0.203 e. The molecule has 10 heteroatoms. The molecule has 0 spiro atoms. The average molecular weight is 448 g/mol. The van der Waals surface area contributed by atoms with Gasteiger partial charge in [-0.2, -0.15) is 10.2 Å². The van der Waals surface area contributed by atoms with Crippen molar-refractivity contribution in [2.75, 3.05) is 13.2 Å². The van der Waals surface area contributed by atoms with Crippen LogP contribution in [-0.4, -0.2) is 55.0 Å². The van der Waals surface area contributed by atoms with Crippen LogP contribution in [0.4, 0.5) is 4.39 Å². The minimum absolute atomic E-state index is 0.0416. The van der Waals surface area contributed by atoms with E-state index in [1.54, 1.807) is 21.8 Å². The summed E-state index contributed by atoms with van der Waals surface area (Å²) in [5, 5.41) is 8.62. The number of hydrogen-bond donors (Lipinski definition) is 0. The number of halogens is 1. The van der Waals surface area contributed by atoms with E-state index in [1.165, 1.54) is 18.5 Å². The Kier molecular flexibility index (Phi) is 5.66. The van der Waals surface area contributed by atoms with Gasteiger partial charge in [0, 0.05) is 31.3 Å². The van der Waals surface area contributed by atoms with Gasteiger partial charge in [0.1, 0.15) is 11.4 Å². The Bertz CT molecular complexity index is 1320. The summed E-state index contributed by atoms with van der Waals surface area (Å²) in [6.07, 6.45) is 6.72. The van der Waals surface area contributed by atoms with E-state index in [1.807, 2.05) is 37.5 Å². The van der Waals surface area contributed by atoms with Crippen molar-refractivity contribution < 1.29 is 13.9 Å². The summed E-state index contributed by atoms with van der Waals surface area (Å²) in [6.45, 7) is 0.251. The summed E-state index contributed by atoms with van der Waals surface area (Å²) in [5.74, 6) is 0.884. The third kappa shape index (κ3) is 4.65. The Morgan fingerprint density at radius 2 is 2.03 bits per heavy atom. The zero-order chi connectivity index (χ0) is 22.8. The number of benzene rings is 1. The Balaban J connectivity index is 1.34. The van der Waals surface area contributed by atoms with E-state index in [0.29, 0.717) is 23.7 Å². The number of nitrogens with zero attached hydrogens (tertiary/aromatic N) is 6. The molecular weight excluding hydrogens is 427 g/mol. The fourth-order valence-corrected chi connectivity index (χ4v) is 3.57. The van der Waals surface area contributed by atoms with Crippen LogP contribution in [0.5, 0.6) is 5.75 Å². The zero-order valence-corrected chi connectivity index (χ0v) is 17.8. The maximum absolute atomic E-state index is 13.7. The minimum Gasteiger partial charge on any atom is -0.482 e.